The van der Waals surface area contributed by atoms with E-state index in [1.807, 2.05) is 31.2 Å². The summed E-state index contributed by atoms with van der Waals surface area (Å²) in [5.41, 5.74) is 2.42. The van der Waals surface area contributed by atoms with Crippen LogP contribution in [0.5, 0.6) is 5.75 Å². The van der Waals surface area contributed by atoms with Crippen LogP contribution in [0.1, 0.15) is 21.5 Å². The fourth-order valence-corrected chi connectivity index (χ4v) is 3.81. The van der Waals surface area contributed by atoms with E-state index >= 15 is 0 Å². The second-order valence-electron chi connectivity index (χ2n) is 7.03. The number of nitro benzene ring substituents is 1. The average molecular weight is 459 g/mol. The highest BCUT2D eigenvalue weighted by atomic mass is 32.2. The number of nitrogens with one attached hydrogen (secondary N) is 1. The first-order valence-corrected chi connectivity index (χ1v) is 10.6. The Morgan fingerprint density at radius 2 is 1.85 bits per heavy atom. The van der Waals surface area contributed by atoms with Gasteiger partial charge in [-0.25, -0.2) is 9.79 Å². The van der Waals surface area contributed by atoms with Crippen LogP contribution in [-0.4, -0.2) is 22.0 Å². The van der Waals surface area contributed by atoms with Gasteiger partial charge in [-0.1, -0.05) is 36.4 Å². The molecule has 1 saturated heterocycles. The average Bonchev–Trinajstić information content (AvgIpc) is 3.15. The van der Waals surface area contributed by atoms with Crippen LogP contribution in [-0.2, 0) is 4.79 Å². The van der Waals surface area contributed by atoms with E-state index in [4.69, 9.17) is 4.74 Å². The maximum absolute atomic E-state index is 12.3. The van der Waals surface area contributed by atoms with Crippen molar-refractivity contribution in [3.8, 4) is 5.75 Å². The number of esters is 1. The molecule has 8 nitrogen and oxygen atoms in total. The first kappa shape index (κ1) is 22.0. The number of nitrogens with zero attached hydrogens (tertiary/aromatic N) is 2. The van der Waals surface area contributed by atoms with Gasteiger partial charge in [0.05, 0.1) is 21.1 Å². The fourth-order valence-electron chi connectivity index (χ4n) is 2.97. The number of hydrogen-bond donors (Lipinski definition) is 1. The molecule has 0 saturated carbocycles. The third-order valence-corrected chi connectivity index (χ3v) is 5.58. The van der Waals surface area contributed by atoms with E-state index in [1.54, 1.807) is 30.3 Å². The fraction of sp³-hybridized carbons (Fsp3) is 0.0417. The molecule has 0 unspecified atom stereocenters. The largest absolute Gasteiger partial charge is 0.423 e. The predicted molar refractivity (Wildman–Crippen MR) is 126 cm³/mol. The molecule has 0 aliphatic carbocycles. The standard InChI is InChI=1S/C24H17N3O5S/c1-15-5-2-3-8-20(15)25-24-26-22(28)21(33-24)13-16-9-11-19(12-10-16)32-23(29)17-6-4-7-18(14-17)27(30)31/h2-14H,1H3,(H,25,26,28)/b21-13+. The molecule has 4 rings (SSSR count). The van der Waals surface area contributed by atoms with E-state index in [9.17, 15) is 19.7 Å². The Bertz CT molecular complexity index is 1320. The molecule has 3 aromatic carbocycles. The van der Waals surface area contributed by atoms with Gasteiger partial charge in [0.1, 0.15) is 5.75 Å². The maximum atomic E-state index is 12.3. The molecule has 1 N–H and O–H groups in total. The number of para-hydroxylation sites is 1. The minimum absolute atomic E-state index is 0.0786. The summed E-state index contributed by atoms with van der Waals surface area (Å²) in [6.45, 7) is 1.95. The van der Waals surface area contributed by atoms with E-state index in [0.29, 0.717) is 10.1 Å². The molecule has 9 heteroatoms. The number of rotatable bonds is 5. The van der Waals surface area contributed by atoms with Gasteiger partial charge in [-0.2, -0.15) is 0 Å². The monoisotopic (exact) mass is 459 g/mol. The zero-order chi connectivity index (χ0) is 23.4. The Morgan fingerprint density at radius 3 is 2.58 bits per heavy atom. The second kappa shape index (κ2) is 9.49. The molecule has 0 radical (unpaired) electrons. The van der Waals surface area contributed by atoms with Crippen LogP contribution in [0.3, 0.4) is 0 Å². The summed E-state index contributed by atoms with van der Waals surface area (Å²) in [5, 5.41) is 14.1. The van der Waals surface area contributed by atoms with E-state index in [2.05, 4.69) is 10.3 Å². The first-order valence-electron chi connectivity index (χ1n) is 9.81. The molecule has 164 valence electrons. The van der Waals surface area contributed by atoms with Gasteiger partial charge in [-0.15, -0.1) is 0 Å². The van der Waals surface area contributed by atoms with Crippen molar-refractivity contribution in [1.82, 2.24) is 5.32 Å². The lowest BCUT2D eigenvalue weighted by atomic mass is 10.2. The lowest BCUT2D eigenvalue weighted by Gasteiger charge is -2.05. The summed E-state index contributed by atoms with van der Waals surface area (Å²) >= 11 is 1.24. The molecule has 1 fully saturated rings. The predicted octanol–water partition coefficient (Wildman–Crippen LogP) is 5.01. The number of carbonyl (C=O) groups is 2. The normalized spacial score (nSPS) is 15.5. The number of aryl methyl sites for hydroxylation is 1. The number of nitro groups is 1. The van der Waals surface area contributed by atoms with Crippen molar-refractivity contribution in [2.24, 2.45) is 4.99 Å². The van der Waals surface area contributed by atoms with Gasteiger partial charge in [-0.05, 0) is 60.2 Å². The van der Waals surface area contributed by atoms with Gasteiger partial charge in [0, 0.05) is 12.1 Å². The summed E-state index contributed by atoms with van der Waals surface area (Å²) in [7, 11) is 0. The number of benzene rings is 3. The Labute approximate surface area is 193 Å². The molecular formula is C24H17N3O5S. The summed E-state index contributed by atoms with van der Waals surface area (Å²) in [5.74, 6) is -0.667. The van der Waals surface area contributed by atoms with Crippen molar-refractivity contribution in [2.75, 3.05) is 0 Å². The van der Waals surface area contributed by atoms with Crippen LogP contribution >= 0.6 is 11.8 Å². The van der Waals surface area contributed by atoms with Crippen LogP contribution in [0.2, 0.25) is 0 Å². The number of ether oxygens (including phenoxy) is 1. The maximum Gasteiger partial charge on any atom is 0.343 e. The minimum Gasteiger partial charge on any atom is -0.423 e. The van der Waals surface area contributed by atoms with Crippen LogP contribution in [0.15, 0.2) is 82.7 Å². The second-order valence-corrected chi connectivity index (χ2v) is 8.06. The number of hydrogen-bond acceptors (Lipinski definition) is 7. The Morgan fingerprint density at radius 1 is 1.09 bits per heavy atom. The van der Waals surface area contributed by atoms with Crippen LogP contribution in [0, 0.1) is 17.0 Å². The van der Waals surface area contributed by atoms with E-state index in [-0.39, 0.29) is 22.9 Å². The highest BCUT2D eigenvalue weighted by molar-refractivity contribution is 8.18. The molecule has 3 aromatic rings. The van der Waals surface area contributed by atoms with E-state index in [0.717, 1.165) is 22.9 Å². The first-order chi connectivity index (χ1) is 15.9. The molecule has 0 aromatic heterocycles. The van der Waals surface area contributed by atoms with E-state index in [1.165, 1.54) is 30.0 Å². The molecule has 33 heavy (non-hydrogen) atoms. The number of amidine groups is 1. The zero-order valence-corrected chi connectivity index (χ0v) is 18.2. The topological polar surface area (TPSA) is 111 Å². The van der Waals surface area contributed by atoms with Crippen molar-refractivity contribution in [2.45, 2.75) is 6.92 Å². The molecule has 1 heterocycles. The van der Waals surface area contributed by atoms with Gasteiger partial charge in [0.15, 0.2) is 5.17 Å². The quantitative estimate of drug-likeness (QED) is 0.189. The molecule has 0 atom stereocenters. The Kier molecular flexibility index (Phi) is 6.32. The Hall–Kier alpha value is -4.24. The Balaban J connectivity index is 1.44. The SMILES string of the molecule is Cc1ccccc1N=C1NC(=O)/C(=C\c2ccc(OC(=O)c3cccc([N+](=O)[O-])c3)cc2)S1. The lowest BCUT2D eigenvalue weighted by molar-refractivity contribution is -0.384. The smallest absolute Gasteiger partial charge is 0.343 e. The number of non-ortho nitro benzene ring substituents is 1. The number of aliphatic imine (C=N–C) groups is 1. The molecular weight excluding hydrogens is 442 g/mol. The highest BCUT2D eigenvalue weighted by Gasteiger charge is 2.24. The highest BCUT2D eigenvalue weighted by Crippen LogP contribution is 2.29. The third-order valence-electron chi connectivity index (χ3n) is 4.67. The summed E-state index contributed by atoms with van der Waals surface area (Å²) in [6, 6.07) is 19.5. The number of amides is 1. The van der Waals surface area contributed by atoms with Gasteiger partial charge in [-0.3, -0.25) is 14.9 Å². The van der Waals surface area contributed by atoms with E-state index < -0.39 is 10.9 Å². The molecule has 1 amide bonds. The van der Waals surface area contributed by atoms with Crippen molar-refractivity contribution in [3.05, 3.63) is 105 Å². The molecule has 1 aliphatic heterocycles. The summed E-state index contributed by atoms with van der Waals surface area (Å²) in [4.78, 5) is 39.9. The van der Waals surface area contributed by atoms with Crippen molar-refractivity contribution in [3.63, 3.8) is 0 Å². The van der Waals surface area contributed by atoms with Crippen LogP contribution in [0.4, 0.5) is 11.4 Å². The zero-order valence-electron chi connectivity index (χ0n) is 17.3. The van der Waals surface area contributed by atoms with Gasteiger partial charge >= 0.3 is 5.97 Å². The summed E-state index contributed by atoms with van der Waals surface area (Å²) in [6.07, 6.45) is 1.71. The van der Waals surface area contributed by atoms with Gasteiger partial charge in [0.2, 0.25) is 0 Å². The van der Waals surface area contributed by atoms with Crippen LogP contribution in [0.25, 0.3) is 6.08 Å². The lowest BCUT2D eigenvalue weighted by Crippen LogP contribution is -2.19. The van der Waals surface area contributed by atoms with Gasteiger partial charge in [0.25, 0.3) is 11.6 Å². The minimum atomic E-state index is -0.701. The van der Waals surface area contributed by atoms with Crippen molar-refractivity contribution >= 4 is 46.3 Å². The van der Waals surface area contributed by atoms with Crippen molar-refractivity contribution in [1.29, 1.82) is 0 Å². The van der Waals surface area contributed by atoms with Crippen LogP contribution < -0.4 is 10.1 Å². The molecule has 0 bridgehead atoms. The van der Waals surface area contributed by atoms with Gasteiger partial charge < -0.3 is 10.1 Å². The number of carbonyl (C=O) groups excluding carboxylic acids is 2. The number of thioether (sulfide) groups is 1. The molecule has 1 aliphatic rings. The summed E-state index contributed by atoms with van der Waals surface area (Å²) < 4.78 is 5.29. The van der Waals surface area contributed by atoms with Crippen molar-refractivity contribution < 1.29 is 19.2 Å². The third kappa shape index (κ3) is 5.34. The molecule has 0 spiro atoms.